The number of rotatable bonds is 6. The summed E-state index contributed by atoms with van der Waals surface area (Å²) in [7, 11) is 0. The fourth-order valence-electron chi connectivity index (χ4n) is 2.05. The van der Waals surface area contributed by atoms with Crippen molar-refractivity contribution in [1.82, 2.24) is 20.3 Å². The zero-order chi connectivity index (χ0) is 15.5. The van der Waals surface area contributed by atoms with E-state index in [0.717, 1.165) is 12.8 Å². The lowest BCUT2D eigenvalue weighted by Gasteiger charge is -2.12. The maximum absolute atomic E-state index is 12.1. The van der Waals surface area contributed by atoms with Crippen LogP contribution in [0.15, 0.2) is 24.0 Å². The van der Waals surface area contributed by atoms with Gasteiger partial charge < -0.3 is 10.4 Å². The average molecular weight is 318 g/mol. The molecule has 7 nitrogen and oxygen atoms in total. The zero-order valence-electron chi connectivity index (χ0n) is 11.6. The van der Waals surface area contributed by atoms with E-state index in [-0.39, 0.29) is 5.69 Å². The molecule has 2 N–H and O–H groups in total. The number of aliphatic carboxylic acids is 1. The maximum atomic E-state index is 12.1. The number of carboxylic acids is 1. The van der Waals surface area contributed by atoms with Crippen LogP contribution in [0.2, 0.25) is 0 Å². The van der Waals surface area contributed by atoms with Crippen molar-refractivity contribution in [3.05, 3.63) is 29.7 Å². The van der Waals surface area contributed by atoms with Crippen LogP contribution >= 0.6 is 11.3 Å². The van der Waals surface area contributed by atoms with Crippen molar-refractivity contribution in [2.75, 3.05) is 0 Å². The zero-order valence-corrected chi connectivity index (χ0v) is 12.4. The molecule has 0 bridgehead atoms. The second-order valence-electron chi connectivity index (χ2n) is 5.17. The third-order valence-electron chi connectivity index (χ3n) is 3.39. The van der Waals surface area contributed by atoms with Gasteiger partial charge in [-0.2, -0.15) is 0 Å². The maximum Gasteiger partial charge on any atom is 0.326 e. The molecular weight excluding hydrogens is 304 g/mol. The first-order valence-electron chi connectivity index (χ1n) is 6.89. The van der Waals surface area contributed by atoms with Crippen molar-refractivity contribution in [2.45, 2.75) is 25.3 Å². The van der Waals surface area contributed by atoms with Gasteiger partial charge in [-0.3, -0.25) is 14.8 Å². The van der Waals surface area contributed by atoms with Crippen molar-refractivity contribution in [3.8, 4) is 10.7 Å². The van der Waals surface area contributed by atoms with E-state index < -0.39 is 17.9 Å². The van der Waals surface area contributed by atoms with E-state index in [1.165, 1.54) is 11.3 Å². The lowest BCUT2D eigenvalue weighted by atomic mass is 10.1. The topological polar surface area (TPSA) is 105 Å². The number of hydrogen-bond acceptors (Lipinski definition) is 6. The standard InChI is InChI=1S/C14H14N4O3S/c19-12(17-9(14(20)21)5-8-1-2-8)11-7-22-13(18-11)10-6-15-3-4-16-10/h3-4,6-9H,1-2,5H2,(H,17,19)(H,20,21). The molecule has 1 saturated carbocycles. The Bertz CT molecular complexity index is 684. The van der Waals surface area contributed by atoms with Gasteiger partial charge in [0.1, 0.15) is 22.4 Å². The minimum atomic E-state index is -1.01. The van der Waals surface area contributed by atoms with Gasteiger partial charge in [-0.25, -0.2) is 9.78 Å². The second-order valence-corrected chi connectivity index (χ2v) is 6.03. The van der Waals surface area contributed by atoms with Crippen LogP contribution in [0.5, 0.6) is 0 Å². The van der Waals surface area contributed by atoms with E-state index in [0.29, 0.717) is 23.0 Å². The van der Waals surface area contributed by atoms with E-state index in [9.17, 15) is 14.7 Å². The molecule has 0 spiro atoms. The van der Waals surface area contributed by atoms with E-state index in [1.54, 1.807) is 24.0 Å². The molecule has 3 rings (SSSR count). The molecule has 1 amide bonds. The number of thiazole rings is 1. The SMILES string of the molecule is O=C(NC(CC1CC1)C(=O)O)c1csc(-c2cnccn2)n1. The quantitative estimate of drug-likeness (QED) is 0.838. The number of carbonyl (C=O) groups excluding carboxylic acids is 1. The molecule has 8 heteroatoms. The van der Waals surface area contributed by atoms with Gasteiger partial charge in [0.05, 0.1) is 6.20 Å². The largest absolute Gasteiger partial charge is 0.480 e. The molecule has 0 aromatic carbocycles. The molecule has 1 fully saturated rings. The summed E-state index contributed by atoms with van der Waals surface area (Å²) in [4.78, 5) is 35.6. The molecule has 0 radical (unpaired) electrons. The fraction of sp³-hybridized carbons (Fsp3) is 0.357. The Kier molecular flexibility index (Phi) is 4.10. The van der Waals surface area contributed by atoms with E-state index >= 15 is 0 Å². The number of nitrogens with one attached hydrogen (secondary N) is 1. The van der Waals surface area contributed by atoms with Crippen molar-refractivity contribution in [3.63, 3.8) is 0 Å². The number of nitrogens with zero attached hydrogens (tertiary/aromatic N) is 3. The molecule has 0 aliphatic heterocycles. The van der Waals surface area contributed by atoms with Crippen molar-refractivity contribution in [2.24, 2.45) is 5.92 Å². The molecular formula is C14H14N4O3S. The molecule has 1 aliphatic rings. The number of carboxylic acid groups (broad SMARTS) is 1. The molecule has 2 aromatic rings. The van der Waals surface area contributed by atoms with Crippen LogP contribution in [-0.4, -0.2) is 38.0 Å². The van der Waals surface area contributed by atoms with Crippen LogP contribution in [0.4, 0.5) is 0 Å². The molecule has 1 aliphatic carbocycles. The summed E-state index contributed by atoms with van der Waals surface area (Å²) < 4.78 is 0. The summed E-state index contributed by atoms with van der Waals surface area (Å²) in [5, 5.41) is 13.9. The summed E-state index contributed by atoms with van der Waals surface area (Å²) in [5.41, 5.74) is 0.784. The van der Waals surface area contributed by atoms with Gasteiger partial charge in [-0.1, -0.05) is 12.8 Å². The predicted octanol–water partition coefficient (Wildman–Crippen LogP) is 1.58. The second kappa shape index (κ2) is 6.18. The van der Waals surface area contributed by atoms with Gasteiger partial charge in [0.2, 0.25) is 0 Å². The van der Waals surface area contributed by atoms with E-state index in [2.05, 4.69) is 20.3 Å². The van der Waals surface area contributed by atoms with Crippen LogP contribution in [0, 0.1) is 5.92 Å². The van der Waals surface area contributed by atoms with E-state index in [4.69, 9.17) is 0 Å². The van der Waals surface area contributed by atoms with Crippen LogP contribution in [0.1, 0.15) is 29.8 Å². The highest BCUT2D eigenvalue weighted by molar-refractivity contribution is 7.13. The minimum Gasteiger partial charge on any atom is -0.480 e. The van der Waals surface area contributed by atoms with Crippen molar-refractivity contribution >= 4 is 23.2 Å². The average Bonchev–Trinajstić information content (AvgIpc) is 3.20. The van der Waals surface area contributed by atoms with Gasteiger partial charge in [0.25, 0.3) is 5.91 Å². The van der Waals surface area contributed by atoms with Crippen LogP contribution in [0.25, 0.3) is 10.7 Å². The normalized spacial score (nSPS) is 15.3. The molecule has 2 heterocycles. The Hall–Kier alpha value is -2.35. The number of hydrogen-bond donors (Lipinski definition) is 2. The van der Waals surface area contributed by atoms with Gasteiger partial charge in [-0.15, -0.1) is 11.3 Å². The molecule has 1 unspecified atom stereocenters. The Balaban J connectivity index is 1.69. The number of amides is 1. The summed E-state index contributed by atoms with van der Waals surface area (Å²) in [6, 6.07) is -0.860. The van der Waals surface area contributed by atoms with Gasteiger partial charge in [-0.05, 0) is 12.3 Å². The number of carbonyl (C=O) groups is 2. The highest BCUT2D eigenvalue weighted by atomic mass is 32.1. The summed E-state index contributed by atoms with van der Waals surface area (Å²) in [6.07, 6.45) is 7.21. The summed E-state index contributed by atoms with van der Waals surface area (Å²) in [5.74, 6) is -1.07. The van der Waals surface area contributed by atoms with Gasteiger partial charge in [0, 0.05) is 17.8 Å². The van der Waals surface area contributed by atoms with Gasteiger partial charge >= 0.3 is 5.97 Å². The number of aromatic nitrogens is 3. The Morgan fingerprint density at radius 1 is 1.41 bits per heavy atom. The molecule has 114 valence electrons. The Morgan fingerprint density at radius 2 is 2.23 bits per heavy atom. The minimum absolute atomic E-state index is 0.202. The predicted molar refractivity (Wildman–Crippen MR) is 79.4 cm³/mol. The lowest BCUT2D eigenvalue weighted by molar-refractivity contribution is -0.139. The third-order valence-corrected chi connectivity index (χ3v) is 4.25. The molecule has 0 saturated heterocycles. The van der Waals surface area contributed by atoms with Crippen molar-refractivity contribution < 1.29 is 14.7 Å². The molecule has 22 heavy (non-hydrogen) atoms. The van der Waals surface area contributed by atoms with Crippen LogP contribution in [0.3, 0.4) is 0 Å². The summed E-state index contributed by atoms with van der Waals surface area (Å²) in [6.45, 7) is 0. The lowest BCUT2D eigenvalue weighted by Crippen LogP contribution is -2.41. The monoisotopic (exact) mass is 318 g/mol. The van der Waals surface area contributed by atoms with Crippen LogP contribution in [-0.2, 0) is 4.79 Å². The fourth-order valence-corrected chi connectivity index (χ4v) is 2.81. The highest BCUT2D eigenvalue weighted by Gasteiger charge is 2.30. The molecule has 2 aromatic heterocycles. The third kappa shape index (κ3) is 3.45. The Morgan fingerprint density at radius 3 is 2.86 bits per heavy atom. The smallest absolute Gasteiger partial charge is 0.326 e. The summed E-state index contributed by atoms with van der Waals surface area (Å²) >= 11 is 1.27. The Labute approximate surface area is 130 Å². The van der Waals surface area contributed by atoms with Crippen molar-refractivity contribution in [1.29, 1.82) is 0 Å². The van der Waals surface area contributed by atoms with Crippen LogP contribution < -0.4 is 5.32 Å². The first-order chi connectivity index (χ1) is 10.6. The van der Waals surface area contributed by atoms with Gasteiger partial charge in [0.15, 0.2) is 0 Å². The first-order valence-corrected chi connectivity index (χ1v) is 7.77. The molecule has 1 atom stereocenters. The highest BCUT2D eigenvalue weighted by Crippen LogP contribution is 2.33. The first kappa shape index (κ1) is 14.6. The van der Waals surface area contributed by atoms with E-state index in [1.807, 2.05) is 0 Å².